The van der Waals surface area contributed by atoms with E-state index in [2.05, 4.69) is 9.62 Å². The van der Waals surface area contributed by atoms with E-state index in [-0.39, 0.29) is 11.4 Å². The summed E-state index contributed by atoms with van der Waals surface area (Å²) in [6.45, 7) is 2.81. The van der Waals surface area contributed by atoms with E-state index in [9.17, 15) is 13.7 Å². The Morgan fingerprint density at radius 3 is 2.56 bits per heavy atom. The summed E-state index contributed by atoms with van der Waals surface area (Å²) in [5.74, 6) is 0. The van der Waals surface area contributed by atoms with E-state index in [1.807, 2.05) is 24.3 Å². The molecule has 1 saturated heterocycles. The van der Waals surface area contributed by atoms with Crippen LogP contribution in [0.2, 0.25) is 0 Å². The monoisotopic (exact) mass is 363 g/mol. The lowest BCUT2D eigenvalue weighted by Gasteiger charge is -2.28. The number of piperidine rings is 1. The molecule has 0 saturated carbocycles. The maximum atomic E-state index is 12.2. The standard InChI is InChI=1S/C18H25N3O3S/c1-24-13-5-10-20-25(22,23)18(15-19)14-16-6-8-17(9-7-16)21-11-3-2-4-12-21/h6-9,14,20H,2-5,10-13H2,1H3/b18-14+. The second kappa shape index (κ2) is 9.56. The van der Waals surface area contributed by atoms with Crippen LogP contribution < -0.4 is 9.62 Å². The summed E-state index contributed by atoms with van der Waals surface area (Å²) in [4.78, 5) is 2.05. The number of nitrogens with one attached hydrogen (secondary N) is 1. The van der Waals surface area contributed by atoms with Crippen LogP contribution in [0.25, 0.3) is 6.08 Å². The predicted molar refractivity (Wildman–Crippen MR) is 99.5 cm³/mol. The number of methoxy groups -OCH3 is 1. The Kier molecular flexibility index (Phi) is 7.44. The minimum absolute atomic E-state index is 0.239. The molecule has 0 spiro atoms. The van der Waals surface area contributed by atoms with Crippen LogP contribution in [0.4, 0.5) is 5.69 Å². The van der Waals surface area contributed by atoms with Crippen molar-refractivity contribution >= 4 is 21.8 Å². The molecule has 1 aliphatic rings. The van der Waals surface area contributed by atoms with Gasteiger partial charge in [-0.2, -0.15) is 5.26 Å². The summed E-state index contributed by atoms with van der Waals surface area (Å²) in [6.07, 6.45) is 5.64. The summed E-state index contributed by atoms with van der Waals surface area (Å²) in [5, 5.41) is 9.21. The zero-order valence-corrected chi connectivity index (χ0v) is 15.4. The third-order valence-electron chi connectivity index (χ3n) is 4.13. The van der Waals surface area contributed by atoms with Crippen LogP contribution in [0.5, 0.6) is 0 Å². The van der Waals surface area contributed by atoms with Crippen molar-refractivity contribution in [3.05, 3.63) is 34.7 Å². The SMILES string of the molecule is COCCCNS(=O)(=O)/C(C#N)=C/c1ccc(N2CCCCC2)cc1. The molecule has 0 atom stereocenters. The second-order valence-corrected chi connectivity index (χ2v) is 7.74. The molecule has 2 rings (SSSR count). The van der Waals surface area contributed by atoms with E-state index >= 15 is 0 Å². The van der Waals surface area contributed by atoms with Crippen LogP contribution >= 0.6 is 0 Å². The van der Waals surface area contributed by atoms with Crippen molar-refractivity contribution < 1.29 is 13.2 Å². The van der Waals surface area contributed by atoms with Gasteiger partial charge in [0.1, 0.15) is 6.07 Å². The zero-order chi connectivity index (χ0) is 18.1. The molecule has 0 amide bonds. The highest BCUT2D eigenvalue weighted by Crippen LogP contribution is 2.21. The van der Waals surface area contributed by atoms with E-state index in [0.29, 0.717) is 18.6 Å². The van der Waals surface area contributed by atoms with Crippen LogP contribution in [-0.2, 0) is 14.8 Å². The number of ether oxygens (including phenoxy) is 1. The van der Waals surface area contributed by atoms with Crippen LogP contribution in [-0.4, -0.2) is 41.8 Å². The lowest BCUT2D eigenvalue weighted by atomic mass is 10.1. The molecule has 0 aromatic heterocycles. The lowest BCUT2D eigenvalue weighted by Crippen LogP contribution is -2.29. The molecule has 0 aliphatic carbocycles. The zero-order valence-electron chi connectivity index (χ0n) is 14.6. The molecule has 1 aromatic carbocycles. The predicted octanol–water partition coefficient (Wildman–Crippen LogP) is 2.50. The van der Waals surface area contributed by atoms with Gasteiger partial charge in [-0.15, -0.1) is 0 Å². The molecule has 1 N–H and O–H groups in total. The summed E-state index contributed by atoms with van der Waals surface area (Å²) in [5.41, 5.74) is 1.83. The van der Waals surface area contributed by atoms with E-state index in [1.165, 1.54) is 25.3 Å². The molecule has 136 valence electrons. The van der Waals surface area contributed by atoms with Crippen LogP contribution in [0, 0.1) is 11.3 Å². The summed E-state index contributed by atoms with van der Waals surface area (Å²) in [6, 6.07) is 9.43. The molecule has 0 radical (unpaired) electrons. The van der Waals surface area contributed by atoms with E-state index in [1.54, 1.807) is 13.2 Å². The van der Waals surface area contributed by atoms with Crippen molar-refractivity contribution in [3.63, 3.8) is 0 Å². The van der Waals surface area contributed by atoms with Gasteiger partial charge < -0.3 is 9.64 Å². The molecule has 0 bridgehead atoms. The third kappa shape index (κ3) is 5.85. The van der Waals surface area contributed by atoms with Crippen molar-refractivity contribution in [3.8, 4) is 6.07 Å². The molecule has 0 unspecified atom stereocenters. The van der Waals surface area contributed by atoms with Gasteiger partial charge in [-0.05, 0) is 49.5 Å². The van der Waals surface area contributed by atoms with Gasteiger partial charge in [-0.1, -0.05) is 12.1 Å². The van der Waals surface area contributed by atoms with Crippen LogP contribution in [0.1, 0.15) is 31.2 Å². The number of hydrogen-bond acceptors (Lipinski definition) is 5. The number of nitrogens with zero attached hydrogens (tertiary/aromatic N) is 2. The quantitative estimate of drug-likeness (QED) is 0.567. The average Bonchev–Trinajstić information content (AvgIpc) is 2.64. The molecule has 1 aromatic rings. The fraction of sp³-hybridized carbons (Fsp3) is 0.500. The number of sulfonamides is 1. The van der Waals surface area contributed by atoms with E-state index < -0.39 is 10.0 Å². The van der Waals surface area contributed by atoms with Crippen molar-refractivity contribution in [2.24, 2.45) is 0 Å². The number of hydrogen-bond donors (Lipinski definition) is 1. The molecule has 1 aliphatic heterocycles. The Morgan fingerprint density at radius 2 is 1.96 bits per heavy atom. The van der Waals surface area contributed by atoms with Crippen molar-refractivity contribution in [1.29, 1.82) is 5.26 Å². The number of benzene rings is 1. The van der Waals surface area contributed by atoms with Gasteiger partial charge in [0, 0.05) is 39.0 Å². The molecule has 6 nitrogen and oxygen atoms in total. The topological polar surface area (TPSA) is 82.4 Å². The minimum atomic E-state index is -3.80. The number of allylic oxidation sites excluding steroid dienone is 1. The first-order chi connectivity index (χ1) is 12.1. The molecule has 7 heteroatoms. The smallest absolute Gasteiger partial charge is 0.250 e. The third-order valence-corrected chi connectivity index (χ3v) is 5.50. The second-order valence-electron chi connectivity index (χ2n) is 6.00. The van der Waals surface area contributed by atoms with Gasteiger partial charge >= 0.3 is 0 Å². The Hall–Kier alpha value is -1.88. The number of nitriles is 1. The average molecular weight is 363 g/mol. The van der Waals surface area contributed by atoms with Gasteiger partial charge in [-0.3, -0.25) is 0 Å². The Labute approximate surface area is 150 Å². The first kappa shape index (κ1) is 19.4. The molecule has 1 heterocycles. The normalized spacial score (nSPS) is 15.8. The fourth-order valence-corrected chi connectivity index (χ4v) is 3.74. The first-order valence-corrected chi connectivity index (χ1v) is 10.0. The summed E-state index contributed by atoms with van der Waals surface area (Å²) in [7, 11) is -2.24. The Bertz CT molecular complexity index is 715. The Morgan fingerprint density at radius 1 is 1.28 bits per heavy atom. The molecule has 1 fully saturated rings. The van der Waals surface area contributed by atoms with E-state index in [4.69, 9.17) is 4.74 Å². The van der Waals surface area contributed by atoms with Gasteiger partial charge in [0.05, 0.1) is 0 Å². The van der Waals surface area contributed by atoms with E-state index in [0.717, 1.165) is 18.8 Å². The lowest BCUT2D eigenvalue weighted by molar-refractivity contribution is 0.196. The van der Waals surface area contributed by atoms with Crippen molar-refractivity contribution in [2.45, 2.75) is 25.7 Å². The van der Waals surface area contributed by atoms with Gasteiger partial charge in [-0.25, -0.2) is 13.1 Å². The maximum absolute atomic E-state index is 12.2. The maximum Gasteiger partial charge on any atom is 0.250 e. The molecular formula is C18H25N3O3S. The number of anilines is 1. The fourth-order valence-electron chi connectivity index (χ4n) is 2.76. The van der Waals surface area contributed by atoms with Gasteiger partial charge in [0.15, 0.2) is 4.91 Å². The Balaban J connectivity index is 2.06. The number of rotatable bonds is 8. The molecular weight excluding hydrogens is 338 g/mol. The largest absolute Gasteiger partial charge is 0.385 e. The highest BCUT2D eigenvalue weighted by atomic mass is 32.2. The van der Waals surface area contributed by atoms with Crippen molar-refractivity contribution in [2.75, 3.05) is 38.3 Å². The molecule has 25 heavy (non-hydrogen) atoms. The highest BCUT2D eigenvalue weighted by Gasteiger charge is 2.17. The summed E-state index contributed by atoms with van der Waals surface area (Å²) < 4.78 is 31.7. The highest BCUT2D eigenvalue weighted by molar-refractivity contribution is 7.93. The first-order valence-electron chi connectivity index (χ1n) is 8.52. The van der Waals surface area contributed by atoms with Crippen LogP contribution in [0.15, 0.2) is 29.2 Å². The van der Waals surface area contributed by atoms with Gasteiger partial charge in [0.2, 0.25) is 0 Å². The van der Waals surface area contributed by atoms with Crippen molar-refractivity contribution in [1.82, 2.24) is 4.72 Å². The van der Waals surface area contributed by atoms with Crippen LogP contribution in [0.3, 0.4) is 0 Å². The van der Waals surface area contributed by atoms with Gasteiger partial charge in [0.25, 0.3) is 10.0 Å². The minimum Gasteiger partial charge on any atom is -0.385 e. The summed E-state index contributed by atoms with van der Waals surface area (Å²) >= 11 is 0.